The summed E-state index contributed by atoms with van der Waals surface area (Å²) in [5.41, 5.74) is 7.13. The summed E-state index contributed by atoms with van der Waals surface area (Å²) in [5, 5.41) is 11.3. The first-order valence-corrected chi connectivity index (χ1v) is 4.70. The van der Waals surface area contributed by atoms with Crippen LogP contribution in [0.2, 0.25) is 0 Å². The molecule has 0 aliphatic carbocycles. The second kappa shape index (κ2) is 8.02. The number of hydrogen-bond donors (Lipinski definition) is 3. The van der Waals surface area contributed by atoms with Gasteiger partial charge in [-0.2, -0.15) is 0 Å². The molecule has 0 saturated carbocycles. The summed E-state index contributed by atoms with van der Waals surface area (Å²) in [6, 6.07) is 0. The fourth-order valence-corrected chi connectivity index (χ4v) is 0.888. The molecule has 0 saturated heterocycles. The first-order chi connectivity index (χ1) is 7.13. The number of rotatable bonds is 7. The second-order valence-electron chi connectivity index (χ2n) is 2.88. The molecule has 0 amide bonds. The van der Waals surface area contributed by atoms with Gasteiger partial charge in [0, 0.05) is 6.21 Å². The first kappa shape index (κ1) is 13.7. The van der Waals surface area contributed by atoms with Gasteiger partial charge < -0.3 is 20.9 Å². The number of nitrogens with two attached hydrogens (primary N) is 1. The van der Waals surface area contributed by atoms with Gasteiger partial charge in [-0.1, -0.05) is 6.58 Å². The van der Waals surface area contributed by atoms with Crippen molar-refractivity contribution in [3.63, 3.8) is 0 Å². The van der Waals surface area contributed by atoms with E-state index < -0.39 is 0 Å². The van der Waals surface area contributed by atoms with Crippen LogP contribution in [0.15, 0.2) is 28.7 Å². The number of aliphatic hydroxyl groups excluding tert-OH is 1. The molecule has 0 unspecified atom stereocenters. The summed E-state index contributed by atoms with van der Waals surface area (Å²) >= 11 is 0. The average Bonchev–Trinajstić information content (AvgIpc) is 2.20. The molecular formula is C10H19N3O2. The van der Waals surface area contributed by atoms with Gasteiger partial charge in [0.15, 0.2) is 0 Å². The summed E-state index contributed by atoms with van der Waals surface area (Å²) in [4.78, 5) is 4.09. The van der Waals surface area contributed by atoms with Crippen LogP contribution in [0.4, 0.5) is 0 Å². The number of allylic oxidation sites excluding steroid dienone is 1. The zero-order valence-corrected chi connectivity index (χ0v) is 9.29. The van der Waals surface area contributed by atoms with Crippen molar-refractivity contribution in [2.45, 2.75) is 13.8 Å². The van der Waals surface area contributed by atoms with Gasteiger partial charge in [-0.25, -0.2) is 0 Å². The third-order valence-electron chi connectivity index (χ3n) is 1.52. The largest absolute Gasteiger partial charge is 0.394 e. The number of aliphatic hydroxyl groups is 1. The van der Waals surface area contributed by atoms with E-state index in [2.05, 4.69) is 16.9 Å². The van der Waals surface area contributed by atoms with Crippen LogP contribution in [-0.4, -0.2) is 31.3 Å². The summed E-state index contributed by atoms with van der Waals surface area (Å²) < 4.78 is 5.00. The minimum atomic E-state index is -0.00818. The lowest BCUT2D eigenvalue weighted by molar-refractivity contribution is 0.0841. The number of ether oxygens (including phenoxy) is 1. The van der Waals surface area contributed by atoms with Crippen LogP contribution in [0.3, 0.4) is 0 Å². The fourth-order valence-electron chi connectivity index (χ4n) is 0.888. The topological polar surface area (TPSA) is 79.9 Å². The lowest BCUT2D eigenvalue weighted by atomic mass is 10.2. The Labute approximate surface area is 90.3 Å². The quantitative estimate of drug-likeness (QED) is 0.246. The third kappa shape index (κ3) is 5.87. The zero-order valence-electron chi connectivity index (χ0n) is 9.29. The van der Waals surface area contributed by atoms with Crippen molar-refractivity contribution in [1.82, 2.24) is 5.32 Å². The number of nitrogens with one attached hydrogen (secondary N) is 1. The van der Waals surface area contributed by atoms with Crippen molar-refractivity contribution in [1.29, 1.82) is 0 Å². The molecule has 0 heterocycles. The Bertz CT molecular complexity index is 259. The molecule has 0 bridgehead atoms. The molecule has 0 aromatic rings. The Morgan fingerprint density at radius 2 is 2.33 bits per heavy atom. The Balaban J connectivity index is 4.25. The molecule has 0 spiro atoms. The van der Waals surface area contributed by atoms with Crippen LogP contribution in [-0.2, 0) is 4.74 Å². The normalized spacial score (nSPS) is 12.7. The smallest absolute Gasteiger partial charge is 0.124 e. The number of aliphatic imine (C=N–C) groups is 1. The van der Waals surface area contributed by atoms with Crippen molar-refractivity contribution >= 4 is 6.21 Å². The van der Waals surface area contributed by atoms with Gasteiger partial charge in [0.2, 0.25) is 0 Å². The molecule has 4 N–H and O–H groups in total. The molecule has 0 atom stereocenters. The first-order valence-electron chi connectivity index (χ1n) is 4.70. The third-order valence-corrected chi connectivity index (χ3v) is 1.52. The van der Waals surface area contributed by atoms with Crippen LogP contribution >= 0.6 is 0 Å². The van der Waals surface area contributed by atoms with Gasteiger partial charge in [-0.15, -0.1) is 0 Å². The summed E-state index contributed by atoms with van der Waals surface area (Å²) in [7, 11) is 0. The van der Waals surface area contributed by atoms with E-state index in [4.69, 9.17) is 15.6 Å². The maximum atomic E-state index is 8.48. The van der Waals surface area contributed by atoms with Gasteiger partial charge in [0.05, 0.1) is 13.2 Å². The van der Waals surface area contributed by atoms with Gasteiger partial charge in [-0.3, -0.25) is 4.99 Å². The van der Waals surface area contributed by atoms with Crippen LogP contribution in [0.1, 0.15) is 13.8 Å². The Morgan fingerprint density at radius 1 is 1.67 bits per heavy atom. The molecule has 0 rings (SSSR count). The van der Waals surface area contributed by atoms with Gasteiger partial charge in [0.25, 0.3) is 0 Å². The van der Waals surface area contributed by atoms with Crippen LogP contribution in [0, 0.1) is 0 Å². The molecule has 0 fully saturated rings. The molecule has 0 aromatic heterocycles. The van der Waals surface area contributed by atoms with Crippen molar-refractivity contribution in [2.75, 3.05) is 19.9 Å². The highest BCUT2D eigenvalue weighted by atomic mass is 16.5. The monoisotopic (exact) mass is 213 g/mol. The molecule has 15 heavy (non-hydrogen) atoms. The summed E-state index contributed by atoms with van der Waals surface area (Å²) in [6.45, 7) is 7.90. The van der Waals surface area contributed by atoms with Crippen molar-refractivity contribution in [3.05, 3.63) is 23.7 Å². The fraction of sp³-hybridized carbons (Fsp3) is 0.500. The number of nitrogens with zero attached hydrogens (tertiary/aromatic N) is 1. The lowest BCUT2D eigenvalue weighted by Crippen LogP contribution is -2.25. The zero-order chi connectivity index (χ0) is 11.7. The molecule has 0 aromatic carbocycles. The maximum absolute atomic E-state index is 8.48. The minimum Gasteiger partial charge on any atom is -0.394 e. The van der Waals surface area contributed by atoms with Crippen LogP contribution in [0.25, 0.3) is 0 Å². The van der Waals surface area contributed by atoms with Gasteiger partial charge >= 0.3 is 0 Å². The van der Waals surface area contributed by atoms with E-state index in [1.807, 2.05) is 6.92 Å². The van der Waals surface area contributed by atoms with E-state index in [0.29, 0.717) is 11.5 Å². The van der Waals surface area contributed by atoms with Crippen molar-refractivity contribution in [2.24, 2.45) is 10.7 Å². The Morgan fingerprint density at radius 3 is 2.80 bits per heavy atom. The van der Waals surface area contributed by atoms with E-state index in [0.717, 1.165) is 5.57 Å². The molecule has 0 aliphatic heterocycles. The highest BCUT2D eigenvalue weighted by Gasteiger charge is 2.01. The lowest BCUT2D eigenvalue weighted by Gasteiger charge is -2.10. The molecule has 5 heteroatoms. The Kier molecular flexibility index (Phi) is 7.31. The molecular weight excluding hydrogens is 194 g/mol. The minimum absolute atomic E-state index is 0.00818. The maximum Gasteiger partial charge on any atom is 0.124 e. The van der Waals surface area contributed by atoms with E-state index in [-0.39, 0.29) is 19.9 Å². The molecule has 5 nitrogen and oxygen atoms in total. The van der Waals surface area contributed by atoms with E-state index in [1.165, 1.54) is 0 Å². The predicted molar refractivity (Wildman–Crippen MR) is 61.2 cm³/mol. The highest BCUT2D eigenvalue weighted by molar-refractivity contribution is 5.57. The van der Waals surface area contributed by atoms with E-state index in [9.17, 15) is 0 Å². The van der Waals surface area contributed by atoms with Crippen molar-refractivity contribution < 1.29 is 9.84 Å². The SMILES string of the molecule is C=C(C)C(/N=C\C)=C(\N)NCOCCO. The van der Waals surface area contributed by atoms with Gasteiger partial charge in [0.1, 0.15) is 18.2 Å². The standard InChI is InChI=1S/C10H19N3O2/c1-4-12-9(8(2)3)10(11)13-7-15-6-5-14/h4,13-14H,2,5-7,11H2,1,3H3/b10-9-,12-4-. The molecule has 0 radical (unpaired) electrons. The number of hydrogen-bond acceptors (Lipinski definition) is 5. The van der Waals surface area contributed by atoms with Crippen LogP contribution in [0.5, 0.6) is 0 Å². The summed E-state index contributed by atoms with van der Waals surface area (Å²) in [6.07, 6.45) is 1.65. The van der Waals surface area contributed by atoms with E-state index >= 15 is 0 Å². The van der Waals surface area contributed by atoms with Crippen LogP contribution < -0.4 is 11.1 Å². The average molecular weight is 213 g/mol. The second-order valence-corrected chi connectivity index (χ2v) is 2.88. The van der Waals surface area contributed by atoms with Gasteiger partial charge in [-0.05, 0) is 19.4 Å². The molecule has 0 aliphatic rings. The Hall–Kier alpha value is -1.33. The van der Waals surface area contributed by atoms with Crippen molar-refractivity contribution in [3.8, 4) is 0 Å². The highest BCUT2D eigenvalue weighted by Crippen LogP contribution is 2.08. The molecule has 86 valence electrons. The summed E-state index contributed by atoms with van der Waals surface area (Å²) in [5.74, 6) is 0.415. The predicted octanol–water partition coefficient (Wildman–Crippen LogP) is 0.337. The van der Waals surface area contributed by atoms with E-state index in [1.54, 1.807) is 13.1 Å².